The number of aromatic amines is 1. The SMILES string of the molecule is Cc1ccc(OCC(=O)N2CCC(c3cc4ccccc4[nH]3)C2)cc1. The first-order chi connectivity index (χ1) is 12.2. The number of amides is 1. The number of benzene rings is 2. The van der Waals surface area contributed by atoms with Crippen LogP contribution in [0.15, 0.2) is 54.6 Å². The number of fused-ring (bicyclic) bond motifs is 1. The second kappa shape index (κ2) is 6.63. The van der Waals surface area contributed by atoms with E-state index in [-0.39, 0.29) is 12.5 Å². The Hall–Kier alpha value is -2.75. The van der Waals surface area contributed by atoms with E-state index in [0.717, 1.165) is 30.8 Å². The fraction of sp³-hybridized carbons (Fsp3) is 0.286. The molecule has 128 valence electrons. The molecule has 0 spiro atoms. The highest BCUT2D eigenvalue weighted by Gasteiger charge is 2.28. The first-order valence-corrected chi connectivity index (χ1v) is 8.74. The topological polar surface area (TPSA) is 45.3 Å². The van der Waals surface area contributed by atoms with E-state index >= 15 is 0 Å². The van der Waals surface area contributed by atoms with Crippen molar-refractivity contribution in [3.05, 3.63) is 65.9 Å². The standard InChI is InChI=1S/C21H22N2O2/c1-15-6-8-18(9-7-15)25-14-21(24)23-11-10-17(13-23)20-12-16-4-2-3-5-19(16)22-20/h2-9,12,17,22H,10-11,13-14H2,1H3. The van der Waals surface area contributed by atoms with Gasteiger partial charge in [0.1, 0.15) is 5.75 Å². The number of nitrogens with zero attached hydrogens (tertiary/aromatic N) is 1. The highest BCUT2D eigenvalue weighted by molar-refractivity contribution is 5.81. The van der Waals surface area contributed by atoms with Crippen LogP contribution in [0.5, 0.6) is 5.75 Å². The number of carbonyl (C=O) groups excluding carboxylic acids is 1. The first kappa shape index (κ1) is 15.8. The van der Waals surface area contributed by atoms with Crippen LogP contribution in [0.4, 0.5) is 0 Å². The number of hydrogen-bond acceptors (Lipinski definition) is 2. The van der Waals surface area contributed by atoms with Crippen LogP contribution in [-0.2, 0) is 4.79 Å². The van der Waals surface area contributed by atoms with Gasteiger partial charge in [-0.2, -0.15) is 0 Å². The molecule has 0 saturated carbocycles. The maximum absolute atomic E-state index is 12.4. The van der Waals surface area contributed by atoms with Gasteiger partial charge in [0.05, 0.1) is 0 Å². The summed E-state index contributed by atoms with van der Waals surface area (Å²) in [5, 5.41) is 1.23. The lowest BCUT2D eigenvalue weighted by Gasteiger charge is -2.16. The summed E-state index contributed by atoms with van der Waals surface area (Å²) in [5.41, 5.74) is 3.56. The summed E-state index contributed by atoms with van der Waals surface area (Å²) in [6.07, 6.45) is 0.989. The molecule has 1 fully saturated rings. The molecule has 0 bridgehead atoms. The molecular weight excluding hydrogens is 312 g/mol. The number of aryl methyl sites for hydroxylation is 1. The van der Waals surface area contributed by atoms with Crippen LogP contribution < -0.4 is 4.74 Å². The van der Waals surface area contributed by atoms with Crippen LogP contribution >= 0.6 is 0 Å². The molecule has 25 heavy (non-hydrogen) atoms. The lowest BCUT2D eigenvalue weighted by atomic mass is 10.1. The minimum Gasteiger partial charge on any atom is -0.484 e. The number of aromatic nitrogens is 1. The zero-order chi connectivity index (χ0) is 17.2. The van der Waals surface area contributed by atoms with E-state index in [1.54, 1.807) is 0 Å². The Morgan fingerprint density at radius 1 is 1.20 bits per heavy atom. The summed E-state index contributed by atoms with van der Waals surface area (Å²) < 4.78 is 5.63. The van der Waals surface area contributed by atoms with Gasteiger partial charge in [0, 0.05) is 30.2 Å². The van der Waals surface area contributed by atoms with Crippen LogP contribution in [0.25, 0.3) is 10.9 Å². The van der Waals surface area contributed by atoms with E-state index in [0.29, 0.717) is 5.92 Å². The molecule has 0 radical (unpaired) electrons. The van der Waals surface area contributed by atoms with Gasteiger partial charge < -0.3 is 14.6 Å². The molecule has 1 saturated heterocycles. The number of nitrogens with one attached hydrogen (secondary N) is 1. The monoisotopic (exact) mass is 334 g/mol. The molecular formula is C21H22N2O2. The van der Waals surface area contributed by atoms with Crippen molar-refractivity contribution >= 4 is 16.8 Å². The molecule has 0 aliphatic carbocycles. The van der Waals surface area contributed by atoms with E-state index in [9.17, 15) is 4.79 Å². The number of likely N-dealkylation sites (tertiary alicyclic amines) is 1. The third-order valence-electron chi connectivity index (χ3n) is 4.91. The van der Waals surface area contributed by atoms with E-state index < -0.39 is 0 Å². The van der Waals surface area contributed by atoms with Crippen molar-refractivity contribution in [1.29, 1.82) is 0 Å². The minimum absolute atomic E-state index is 0.0548. The summed E-state index contributed by atoms with van der Waals surface area (Å²) in [4.78, 5) is 17.8. The Kier molecular flexibility index (Phi) is 4.18. The maximum Gasteiger partial charge on any atom is 0.260 e. The molecule has 1 N–H and O–H groups in total. The van der Waals surface area contributed by atoms with Gasteiger partial charge in [0.15, 0.2) is 6.61 Å². The largest absolute Gasteiger partial charge is 0.484 e. The second-order valence-electron chi connectivity index (χ2n) is 6.74. The fourth-order valence-electron chi connectivity index (χ4n) is 3.43. The Morgan fingerprint density at radius 3 is 2.80 bits per heavy atom. The second-order valence-corrected chi connectivity index (χ2v) is 6.74. The summed E-state index contributed by atoms with van der Waals surface area (Å²) in [5.74, 6) is 1.17. The fourth-order valence-corrected chi connectivity index (χ4v) is 3.43. The minimum atomic E-state index is 0.0548. The Morgan fingerprint density at radius 2 is 2.00 bits per heavy atom. The molecule has 4 nitrogen and oxygen atoms in total. The summed E-state index contributed by atoms with van der Waals surface area (Å²) in [7, 11) is 0. The van der Waals surface area contributed by atoms with Gasteiger partial charge in [-0.25, -0.2) is 0 Å². The van der Waals surface area contributed by atoms with Gasteiger partial charge in [-0.1, -0.05) is 35.9 Å². The average Bonchev–Trinajstić information content (AvgIpc) is 3.27. The molecule has 2 heterocycles. The molecule has 1 aliphatic rings. The van der Waals surface area contributed by atoms with Crippen LogP contribution in [-0.4, -0.2) is 35.5 Å². The van der Waals surface area contributed by atoms with Crippen molar-refractivity contribution in [2.24, 2.45) is 0 Å². The van der Waals surface area contributed by atoms with Crippen LogP contribution in [0.3, 0.4) is 0 Å². The van der Waals surface area contributed by atoms with Gasteiger partial charge >= 0.3 is 0 Å². The van der Waals surface area contributed by atoms with Gasteiger partial charge in [-0.05, 0) is 43.0 Å². The lowest BCUT2D eigenvalue weighted by Crippen LogP contribution is -2.32. The highest BCUT2D eigenvalue weighted by Crippen LogP contribution is 2.29. The van der Waals surface area contributed by atoms with Crippen molar-refractivity contribution in [3.8, 4) is 5.75 Å². The Labute approximate surface area is 147 Å². The maximum atomic E-state index is 12.4. The number of ether oxygens (including phenoxy) is 1. The lowest BCUT2D eigenvalue weighted by molar-refractivity contribution is -0.132. The van der Waals surface area contributed by atoms with E-state index in [1.165, 1.54) is 16.6 Å². The molecule has 1 amide bonds. The van der Waals surface area contributed by atoms with Crippen LogP contribution in [0.2, 0.25) is 0 Å². The van der Waals surface area contributed by atoms with E-state index in [4.69, 9.17) is 4.74 Å². The van der Waals surface area contributed by atoms with Crippen molar-refractivity contribution in [2.75, 3.05) is 19.7 Å². The van der Waals surface area contributed by atoms with E-state index in [1.807, 2.05) is 48.2 Å². The summed E-state index contributed by atoms with van der Waals surface area (Å²) in [6.45, 7) is 3.67. The van der Waals surface area contributed by atoms with Gasteiger partial charge in [0.2, 0.25) is 0 Å². The highest BCUT2D eigenvalue weighted by atomic mass is 16.5. The molecule has 4 rings (SSSR count). The molecule has 2 aromatic carbocycles. The smallest absolute Gasteiger partial charge is 0.260 e. The molecule has 1 unspecified atom stereocenters. The quantitative estimate of drug-likeness (QED) is 0.787. The number of H-pyrrole nitrogens is 1. The van der Waals surface area contributed by atoms with Gasteiger partial charge in [-0.15, -0.1) is 0 Å². The zero-order valence-electron chi connectivity index (χ0n) is 14.4. The zero-order valence-corrected chi connectivity index (χ0v) is 14.4. The molecule has 4 heteroatoms. The van der Waals surface area contributed by atoms with Crippen LogP contribution in [0, 0.1) is 6.92 Å². The predicted molar refractivity (Wildman–Crippen MR) is 98.9 cm³/mol. The van der Waals surface area contributed by atoms with E-state index in [2.05, 4.69) is 23.2 Å². The van der Waals surface area contributed by atoms with Crippen LogP contribution in [0.1, 0.15) is 23.6 Å². The normalized spacial score (nSPS) is 17.2. The first-order valence-electron chi connectivity index (χ1n) is 8.74. The number of para-hydroxylation sites is 1. The van der Waals surface area contributed by atoms with Crippen molar-refractivity contribution in [1.82, 2.24) is 9.88 Å². The summed E-state index contributed by atoms with van der Waals surface area (Å²) in [6, 6.07) is 18.3. The summed E-state index contributed by atoms with van der Waals surface area (Å²) >= 11 is 0. The number of carbonyl (C=O) groups is 1. The van der Waals surface area contributed by atoms with Gasteiger partial charge in [0.25, 0.3) is 5.91 Å². The molecule has 1 aromatic heterocycles. The third kappa shape index (κ3) is 3.38. The molecule has 3 aromatic rings. The Balaban J connectivity index is 1.36. The van der Waals surface area contributed by atoms with Crippen molar-refractivity contribution in [2.45, 2.75) is 19.3 Å². The van der Waals surface area contributed by atoms with Gasteiger partial charge in [-0.3, -0.25) is 4.79 Å². The average molecular weight is 334 g/mol. The van der Waals surface area contributed by atoms with Crippen molar-refractivity contribution in [3.63, 3.8) is 0 Å². The molecule has 1 aliphatic heterocycles. The predicted octanol–water partition coefficient (Wildman–Crippen LogP) is 3.87. The number of hydrogen-bond donors (Lipinski definition) is 1. The number of rotatable bonds is 4. The van der Waals surface area contributed by atoms with Crippen molar-refractivity contribution < 1.29 is 9.53 Å². The Bertz CT molecular complexity index is 849. The third-order valence-corrected chi connectivity index (χ3v) is 4.91. The molecule has 1 atom stereocenters.